The summed E-state index contributed by atoms with van der Waals surface area (Å²) in [6.07, 6.45) is 1.99. The van der Waals surface area contributed by atoms with Crippen molar-refractivity contribution in [1.29, 1.82) is 0 Å². The maximum absolute atomic E-state index is 12.9. The molecule has 0 bridgehead atoms. The zero-order valence-corrected chi connectivity index (χ0v) is 19.4. The summed E-state index contributed by atoms with van der Waals surface area (Å²) in [6, 6.07) is 15.6. The Morgan fingerprint density at radius 2 is 1.63 bits per heavy atom. The van der Waals surface area contributed by atoms with E-state index in [9.17, 15) is 14.4 Å². The van der Waals surface area contributed by atoms with Crippen LogP contribution in [0.5, 0.6) is 0 Å². The number of hydrogen-bond acceptors (Lipinski definition) is 5. The Bertz CT molecular complexity index is 1070. The third kappa shape index (κ3) is 4.89. The van der Waals surface area contributed by atoms with Crippen LogP contribution < -0.4 is 10.6 Å². The van der Waals surface area contributed by atoms with E-state index in [1.54, 1.807) is 0 Å². The Kier molecular flexibility index (Phi) is 6.72. The van der Waals surface area contributed by atoms with Crippen LogP contribution in [-0.2, 0) is 19.1 Å². The smallest absolute Gasteiger partial charge is 0.407 e. The van der Waals surface area contributed by atoms with Gasteiger partial charge in [-0.25, -0.2) is 9.59 Å². The minimum atomic E-state index is -0.983. The molecule has 2 amide bonds. The molecule has 1 saturated heterocycles. The Labute approximate surface area is 204 Å². The molecule has 2 aromatic carbocycles. The molecule has 1 saturated carbocycles. The van der Waals surface area contributed by atoms with E-state index in [2.05, 4.69) is 34.9 Å². The number of aliphatic carboxylic acids is 1. The lowest BCUT2D eigenvalue weighted by molar-refractivity contribution is -0.149. The highest BCUT2D eigenvalue weighted by Gasteiger charge is 2.36. The molecule has 2 aromatic rings. The largest absolute Gasteiger partial charge is 0.479 e. The van der Waals surface area contributed by atoms with E-state index in [1.165, 1.54) is 0 Å². The van der Waals surface area contributed by atoms with Crippen molar-refractivity contribution in [3.63, 3.8) is 0 Å². The van der Waals surface area contributed by atoms with E-state index < -0.39 is 24.2 Å². The van der Waals surface area contributed by atoms with E-state index in [4.69, 9.17) is 14.6 Å². The van der Waals surface area contributed by atoms with Crippen molar-refractivity contribution < 1.29 is 29.0 Å². The van der Waals surface area contributed by atoms with E-state index in [1.807, 2.05) is 24.3 Å². The monoisotopic (exact) mass is 478 g/mol. The number of carbonyl (C=O) groups is 3. The van der Waals surface area contributed by atoms with Crippen LogP contribution in [0.3, 0.4) is 0 Å². The molecule has 0 radical (unpaired) electrons. The van der Waals surface area contributed by atoms with Gasteiger partial charge in [-0.3, -0.25) is 4.79 Å². The molecule has 0 aromatic heterocycles. The standard InChI is InChI=1S/C27H30N2O6/c30-25(28-14-17-12-13-23(35-17)26(31)32)24(16-6-5-7-16)29-27(33)34-15-22-20-10-3-1-8-18(20)19-9-2-4-11-21(19)22/h1-4,8-11,16-17,22-24H,5-7,12-15H2,(H,28,30)(H,29,33)(H,31,32). The summed E-state index contributed by atoms with van der Waals surface area (Å²) in [4.78, 5) is 36.7. The van der Waals surface area contributed by atoms with Gasteiger partial charge in [0.25, 0.3) is 0 Å². The molecule has 2 aliphatic carbocycles. The number of alkyl carbamates (subject to hydrolysis) is 1. The van der Waals surface area contributed by atoms with Gasteiger partial charge < -0.3 is 25.2 Å². The second-order valence-corrected chi connectivity index (χ2v) is 9.55. The van der Waals surface area contributed by atoms with Gasteiger partial charge in [0, 0.05) is 12.5 Å². The van der Waals surface area contributed by atoms with Crippen LogP contribution in [0.15, 0.2) is 48.5 Å². The second-order valence-electron chi connectivity index (χ2n) is 9.55. The summed E-state index contributed by atoms with van der Waals surface area (Å²) in [5, 5.41) is 14.7. The third-order valence-electron chi connectivity index (χ3n) is 7.41. The van der Waals surface area contributed by atoms with Crippen LogP contribution in [0.1, 0.15) is 49.1 Å². The molecule has 1 heterocycles. The Morgan fingerprint density at radius 1 is 0.971 bits per heavy atom. The van der Waals surface area contributed by atoms with Crippen LogP contribution in [0.4, 0.5) is 4.79 Å². The molecule has 5 rings (SSSR count). The highest BCUT2D eigenvalue weighted by Crippen LogP contribution is 2.44. The normalized spacial score (nSPS) is 21.9. The Morgan fingerprint density at radius 3 is 2.20 bits per heavy atom. The number of amides is 2. The molecule has 2 fully saturated rings. The minimum Gasteiger partial charge on any atom is -0.479 e. The first-order chi connectivity index (χ1) is 17.0. The predicted molar refractivity (Wildman–Crippen MR) is 128 cm³/mol. The van der Waals surface area contributed by atoms with Crippen molar-refractivity contribution in [3.8, 4) is 11.1 Å². The van der Waals surface area contributed by atoms with Gasteiger partial charge in [-0.2, -0.15) is 0 Å². The number of ether oxygens (including phenoxy) is 2. The number of nitrogens with one attached hydrogen (secondary N) is 2. The van der Waals surface area contributed by atoms with Gasteiger partial charge >= 0.3 is 12.1 Å². The summed E-state index contributed by atoms with van der Waals surface area (Å²) >= 11 is 0. The van der Waals surface area contributed by atoms with Crippen molar-refractivity contribution in [3.05, 3.63) is 59.7 Å². The molecule has 8 nitrogen and oxygen atoms in total. The van der Waals surface area contributed by atoms with Crippen LogP contribution in [0.25, 0.3) is 11.1 Å². The van der Waals surface area contributed by atoms with Crippen LogP contribution in [-0.4, -0.2) is 54.5 Å². The lowest BCUT2D eigenvalue weighted by Crippen LogP contribution is -2.53. The fourth-order valence-corrected chi connectivity index (χ4v) is 5.30. The average molecular weight is 479 g/mol. The lowest BCUT2D eigenvalue weighted by Gasteiger charge is -2.33. The Hall–Kier alpha value is -3.39. The molecule has 8 heteroatoms. The quantitative estimate of drug-likeness (QED) is 0.536. The topological polar surface area (TPSA) is 114 Å². The van der Waals surface area contributed by atoms with Crippen molar-refractivity contribution in [2.75, 3.05) is 13.2 Å². The first-order valence-corrected chi connectivity index (χ1v) is 12.3. The molecular formula is C27H30N2O6. The van der Waals surface area contributed by atoms with Gasteiger partial charge in [-0.15, -0.1) is 0 Å². The molecule has 1 aliphatic heterocycles. The van der Waals surface area contributed by atoms with Crippen LogP contribution in [0, 0.1) is 5.92 Å². The van der Waals surface area contributed by atoms with Crippen LogP contribution >= 0.6 is 0 Å². The van der Waals surface area contributed by atoms with Crippen molar-refractivity contribution in [2.24, 2.45) is 5.92 Å². The predicted octanol–water partition coefficient (Wildman–Crippen LogP) is 3.44. The summed E-state index contributed by atoms with van der Waals surface area (Å²) in [7, 11) is 0. The molecule has 3 atom stereocenters. The number of rotatable bonds is 8. The minimum absolute atomic E-state index is 0.0502. The molecule has 35 heavy (non-hydrogen) atoms. The zero-order chi connectivity index (χ0) is 24.4. The summed E-state index contributed by atoms with van der Waals surface area (Å²) < 4.78 is 11.1. The SMILES string of the molecule is O=C(NC(C(=O)NCC1CCC(C(=O)O)O1)C1CCC1)OCC1c2ccccc2-c2ccccc21. The Balaban J connectivity index is 1.18. The number of carboxylic acid groups (broad SMARTS) is 1. The molecule has 3 aliphatic rings. The number of hydrogen-bond donors (Lipinski definition) is 3. The number of fused-ring (bicyclic) bond motifs is 3. The van der Waals surface area contributed by atoms with Gasteiger partial charge in [0.15, 0.2) is 6.10 Å². The van der Waals surface area contributed by atoms with Gasteiger partial charge in [-0.1, -0.05) is 55.0 Å². The van der Waals surface area contributed by atoms with E-state index >= 15 is 0 Å². The second kappa shape index (κ2) is 10.1. The van der Waals surface area contributed by atoms with Crippen molar-refractivity contribution in [1.82, 2.24) is 10.6 Å². The third-order valence-corrected chi connectivity index (χ3v) is 7.41. The first kappa shape index (κ1) is 23.4. The fourth-order valence-electron chi connectivity index (χ4n) is 5.30. The summed E-state index contributed by atoms with van der Waals surface area (Å²) in [6.45, 7) is 0.406. The summed E-state index contributed by atoms with van der Waals surface area (Å²) in [5.41, 5.74) is 4.57. The number of benzene rings is 2. The van der Waals surface area contributed by atoms with Gasteiger partial charge in [-0.05, 0) is 53.9 Å². The zero-order valence-electron chi connectivity index (χ0n) is 19.4. The maximum Gasteiger partial charge on any atom is 0.407 e. The maximum atomic E-state index is 12.9. The molecule has 184 valence electrons. The van der Waals surface area contributed by atoms with Crippen LogP contribution in [0.2, 0.25) is 0 Å². The van der Waals surface area contributed by atoms with Gasteiger partial charge in [0.1, 0.15) is 12.6 Å². The molecular weight excluding hydrogens is 448 g/mol. The van der Waals surface area contributed by atoms with Crippen molar-refractivity contribution in [2.45, 2.75) is 56.3 Å². The lowest BCUT2D eigenvalue weighted by atomic mass is 9.79. The fraction of sp³-hybridized carbons (Fsp3) is 0.444. The van der Waals surface area contributed by atoms with Gasteiger partial charge in [0.2, 0.25) is 5.91 Å². The number of carboxylic acids is 1. The van der Waals surface area contributed by atoms with E-state index in [0.29, 0.717) is 12.8 Å². The van der Waals surface area contributed by atoms with Gasteiger partial charge in [0.05, 0.1) is 6.10 Å². The molecule has 3 unspecified atom stereocenters. The highest BCUT2D eigenvalue weighted by molar-refractivity contribution is 5.86. The van der Waals surface area contributed by atoms with E-state index in [0.717, 1.165) is 41.5 Å². The highest BCUT2D eigenvalue weighted by atomic mass is 16.5. The molecule has 0 spiro atoms. The first-order valence-electron chi connectivity index (χ1n) is 12.3. The van der Waals surface area contributed by atoms with Crippen molar-refractivity contribution >= 4 is 18.0 Å². The van der Waals surface area contributed by atoms with E-state index in [-0.39, 0.29) is 37.0 Å². The summed E-state index contributed by atoms with van der Waals surface area (Å²) in [5.74, 6) is -1.26. The number of carbonyl (C=O) groups excluding carboxylic acids is 2. The average Bonchev–Trinajstić information content (AvgIpc) is 3.43. The molecule has 3 N–H and O–H groups in total.